The molecule has 38 heavy (non-hydrogen) atoms. The molecular weight excluding hydrogens is 500 g/mol. The number of ether oxygens (including phenoxy) is 3. The molecule has 1 unspecified atom stereocenters. The van der Waals surface area contributed by atoms with Crippen LogP contribution in [0.3, 0.4) is 0 Å². The highest BCUT2D eigenvalue weighted by Gasteiger charge is 2.15. The van der Waals surface area contributed by atoms with Gasteiger partial charge >= 0.3 is 0 Å². The van der Waals surface area contributed by atoms with Gasteiger partial charge in [-0.15, -0.1) is 11.8 Å². The fraction of sp³-hybridized carbons (Fsp3) is 0.133. The zero-order valence-corrected chi connectivity index (χ0v) is 22.1. The minimum atomic E-state index is -0.331. The van der Waals surface area contributed by atoms with Crippen LogP contribution in [0.1, 0.15) is 17.3 Å². The molecule has 2 amide bonds. The Morgan fingerprint density at radius 3 is 1.97 bits per heavy atom. The zero-order valence-electron chi connectivity index (χ0n) is 21.3. The van der Waals surface area contributed by atoms with Gasteiger partial charge in [0.25, 0.3) is 5.91 Å². The van der Waals surface area contributed by atoms with Gasteiger partial charge in [-0.05, 0) is 85.8 Å². The predicted molar refractivity (Wildman–Crippen MR) is 151 cm³/mol. The highest BCUT2D eigenvalue weighted by molar-refractivity contribution is 8.00. The Kier molecular flexibility index (Phi) is 8.89. The van der Waals surface area contributed by atoms with E-state index in [-0.39, 0.29) is 17.1 Å². The molecule has 0 bridgehead atoms. The first-order valence-corrected chi connectivity index (χ1v) is 12.8. The summed E-state index contributed by atoms with van der Waals surface area (Å²) in [6.45, 7) is 1.85. The second-order valence-corrected chi connectivity index (χ2v) is 9.65. The second-order valence-electron chi connectivity index (χ2n) is 8.24. The monoisotopic (exact) mass is 528 g/mol. The normalized spacial score (nSPS) is 11.2. The molecule has 0 saturated heterocycles. The van der Waals surface area contributed by atoms with E-state index in [1.54, 1.807) is 37.4 Å². The van der Waals surface area contributed by atoms with Crippen molar-refractivity contribution in [3.63, 3.8) is 0 Å². The van der Waals surface area contributed by atoms with Gasteiger partial charge in [0, 0.05) is 21.8 Å². The lowest BCUT2D eigenvalue weighted by Crippen LogP contribution is -2.22. The molecule has 0 heterocycles. The third-order valence-electron chi connectivity index (χ3n) is 5.54. The van der Waals surface area contributed by atoms with Crippen LogP contribution < -0.4 is 24.8 Å². The van der Waals surface area contributed by atoms with Crippen molar-refractivity contribution in [3.05, 3.63) is 103 Å². The van der Waals surface area contributed by atoms with Crippen LogP contribution in [0.2, 0.25) is 0 Å². The van der Waals surface area contributed by atoms with E-state index >= 15 is 0 Å². The number of carbonyl (C=O) groups is 2. The molecule has 0 aromatic heterocycles. The highest BCUT2D eigenvalue weighted by atomic mass is 32.2. The number of hydrogen-bond acceptors (Lipinski definition) is 6. The molecule has 0 radical (unpaired) electrons. The van der Waals surface area contributed by atoms with Crippen molar-refractivity contribution in [2.75, 3.05) is 24.9 Å². The number of anilines is 2. The summed E-state index contributed by atoms with van der Waals surface area (Å²) in [5.41, 5.74) is 1.78. The predicted octanol–water partition coefficient (Wildman–Crippen LogP) is 6.87. The van der Waals surface area contributed by atoms with Crippen LogP contribution in [-0.2, 0) is 4.79 Å². The number of hydrogen-bond donors (Lipinski definition) is 2. The Bertz CT molecular complexity index is 1380. The van der Waals surface area contributed by atoms with Crippen LogP contribution >= 0.6 is 11.8 Å². The molecule has 194 valence electrons. The van der Waals surface area contributed by atoms with Crippen molar-refractivity contribution < 1.29 is 23.8 Å². The van der Waals surface area contributed by atoms with E-state index in [2.05, 4.69) is 10.6 Å². The van der Waals surface area contributed by atoms with E-state index in [9.17, 15) is 9.59 Å². The maximum Gasteiger partial charge on any atom is 0.255 e. The van der Waals surface area contributed by atoms with Crippen molar-refractivity contribution in [3.8, 4) is 23.0 Å². The van der Waals surface area contributed by atoms with Gasteiger partial charge < -0.3 is 24.8 Å². The number of benzene rings is 4. The third kappa shape index (κ3) is 7.08. The lowest BCUT2D eigenvalue weighted by atomic mass is 10.2. The minimum absolute atomic E-state index is 0.113. The van der Waals surface area contributed by atoms with Crippen molar-refractivity contribution in [1.82, 2.24) is 0 Å². The zero-order chi connectivity index (χ0) is 26.9. The second kappa shape index (κ2) is 12.7. The number of carbonyl (C=O) groups excluding carboxylic acids is 2. The van der Waals surface area contributed by atoms with Crippen molar-refractivity contribution >= 4 is 35.0 Å². The number of thioether (sulfide) groups is 1. The van der Waals surface area contributed by atoms with Gasteiger partial charge in [0.2, 0.25) is 5.91 Å². The number of methoxy groups -OCH3 is 2. The largest absolute Gasteiger partial charge is 0.493 e. The summed E-state index contributed by atoms with van der Waals surface area (Å²) in [7, 11) is 3.07. The van der Waals surface area contributed by atoms with Gasteiger partial charge in [0.1, 0.15) is 11.5 Å². The summed E-state index contributed by atoms with van der Waals surface area (Å²) in [6, 6.07) is 29.1. The van der Waals surface area contributed by atoms with Crippen molar-refractivity contribution in [2.24, 2.45) is 0 Å². The van der Waals surface area contributed by atoms with Gasteiger partial charge in [-0.3, -0.25) is 9.59 Å². The molecule has 0 spiro atoms. The molecule has 0 aliphatic rings. The van der Waals surface area contributed by atoms with Gasteiger partial charge in [-0.1, -0.05) is 18.2 Å². The smallest absolute Gasteiger partial charge is 0.255 e. The number of amides is 2. The molecule has 0 fully saturated rings. The Labute approximate surface area is 226 Å². The summed E-state index contributed by atoms with van der Waals surface area (Å²) in [6.07, 6.45) is 0. The van der Waals surface area contributed by atoms with Crippen LogP contribution in [0, 0.1) is 0 Å². The quantitative estimate of drug-likeness (QED) is 0.219. The molecule has 0 aliphatic heterocycles. The standard InChI is InChI=1S/C30H28N2O5S/c1-20(29(33)31-22-10-14-25(15-11-22)37-24-7-5-4-6-8-24)38-26-16-12-23(13-17-26)32-30(34)21-9-18-27(35-2)28(19-21)36-3/h4-20H,1-3H3,(H,31,33)(H,32,34). The fourth-order valence-electron chi connectivity index (χ4n) is 3.53. The van der Waals surface area contributed by atoms with Gasteiger partial charge in [0.05, 0.1) is 19.5 Å². The van der Waals surface area contributed by atoms with Gasteiger partial charge in [0.15, 0.2) is 11.5 Å². The first kappa shape index (κ1) is 26.6. The van der Waals surface area contributed by atoms with Crippen LogP contribution in [-0.4, -0.2) is 31.3 Å². The Morgan fingerprint density at radius 1 is 0.711 bits per heavy atom. The van der Waals surface area contributed by atoms with E-state index in [1.807, 2.05) is 73.7 Å². The summed E-state index contributed by atoms with van der Waals surface area (Å²) in [4.78, 5) is 26.3. The molecule has 4 aromatic rings. The number of rotatable bonds is 10. The lowest BCUT2D eigenvalue weighted by molar-refractivity contribution is -0.115. The SMILES string of the molecule is COc1ccc(C(=O)Nc2ccc(SC(C)C(=O)Nc3ccc(Oc4ccccc4)cc3)cc2)cc1OC. The van der Waals surface area contributed by atoms with E-state index < -0.39 is 0 Å². The average Bonchev–Trinajstić information content (AvgIpc) is 2.95. The van der Waals surface area contributed by atoms with Gasteiger partial charge in [-0.2, -0.15) is 0 Å². The van der Waals surface area contributed by atoms with Crippen LogP contribution in [0.15, 0.2) is 102 Å². The summed E-state index contributed by atoms with van der Waals surface area (Å²) >= 11 is 1.43. The fourth-order valence-corrected chi connectivity index (χ4v) is 4.40. The molecule has 8 heteroatoms. The maximum atomic E-state index is 12.7. The summed E-state index contributed by atoms with van der Waals surface area (Å²) < 4.78 is 16.3. The average molecular weight is 529 g/mol. The molecular formula is C30H28N2O5S. The molecule has 0 saturated carbocycles. The highest BCUT2D eigenvalue weighted by Crippen LogP contribution is 2.29. The number of nitrogens with one attached hydrogen (secondary N) is 2. The Hall–Kier alpha value is -4.43. The first-order valence-electron chi connectivity index (χ1n) is 11.9. The Balaban J connectivity index is 1.29. The van der Waals surface area contributed by atoms with E-state index in [0.717, 1.165) is 10.6 Å². The first-order chi connectivity index (χ1) is 18.4. The lowest BCUT2D eigenvalue weighted by Gasteiger charge is -2.13. The van der Waals surface area contributed by atoms with Gasteiger partial charge in [-0.25, -0.2) is 0 Å². The summed E-state index contributed by atoms with van der Waals surface area (Å²) in [5, 5.41) is 5.47. The van der Waals surface area contributed by atoms with Crippen LogP contribution in [0.25, 0.3) is 0 Å². The van der Waals surface area contributed by atoms with Crippen molar-refractivity contribution in [1.29, 1.82) is 0 Å². The third-order valence-corrected chi connectivity index (χ3v) is 6.65. The number of para-hydroxylation sites is 1. The van der Waals surface area contributed by atoms with E-state index in [4.69, 9.17) is 14.2 Å². The minimum Gasteiger partial charge on any atom is -0.493 e. The molecule has 4 aromatic carbocycles. The van der Waals surface area contributed by atoms with E-state index in [0.29, 0.717) is 34.2 Å². The molecule has 7 nitrogen and oxygen atoms in total. The molecule has 1 atom stereocenters. The maximum absolute atomic E-state index is 12.7. The van der Waals surface area contributed by atoms with Crippen LogP contribution in [0.4, 0.5) is 11.4 Å². The molecule has 2 N–H and O–H groups in total. The summed E-state index contributed by atoms with van der Waals surface area (Å²) in [5.74, 6) is 2.10. The van der Waals surface area contributed by atoms with Crippen molar-refractivity contribution in [2.45, 2.75) is 17.1 Å². The van der Waals surface area contributed by atoms with E-state index in [1.165, 1.54) is 18.9 Å². The Morgan fingerprint density at radius 2 is 1.32 bits per heavy atom. The van der Waals surface area contributed by atoms with Crippen LogP contribution in [0.5, 0.6) is 23.0 Å². The molecule has 4 rings (SSSR count). The topological polar surface area (TPSA) is 85.9 Å². The molecule has 0 aliphatic carbocycles.